The third-order valence-electron chi connectivity index (χ3n) is 3.32. The number of benzene rings is 1. The number of aromatic amines is 1. The molecule has 0 fully saturated rings. The molecule has 0 bridgehead atoms. The number of amides is 1. The van der Waals surface area contributed by atoms with Crippen LogP contribution in [0.25, 0.3) is 0 Å². The molecule has 1 aliphatic rings. The monoisotopic (exact) mass is 242 g/mol. The lowest BCUT2D eigenvalue weighted by molar-refractivity contribution is 0.0927. The number of hydrogen-bond acceptors (Lipinski definition) is 3. The molecule has 0 aliphatic heterocycles. The number of rotatable bonds is 2. The van der Waals surface area contributed by atoms with Crippen LogP contribution in [0.1, 0.15) is 40.5 Å². The van der Waals surface area contributed by atoms with Crippen LogP contribution in [-0.4, -0.2) is 21.3 Å². The van der Waals surface area contributed by atoms with Crippen molar-refractivity contribution in [2.24, 2.45) is 0 Å². The highest BCUT2D eigenvalue weighted by atomic mass is 16.2. The largest absolute Gasteiger partial charge is 0.344 e. The molecule has 0 saturated heterocycles. The summed E-state index contributed by atoms with van der Waals surface area (Å²) in [4.78, 5) is 12.0. The van der Waals surface area contributed by atoms with E-state index in [1.807, 2.05) is 12.1 Å². The minimum atomic E-state index is -0.176. The van der Waals surface area contributed by atoms with Crippen LogP contribution in [0.2, 0.25) is 0 Å². The highest BCUT2D eigenvalue weighted by Crippen LogP contribution is 2.29. The fourth-order valence-electron chi connectivity index (χ4n) is 2.45. The van der Waals surface area contributed by atoms with E-state index in [1.54, 1.807) is 0 Å². The summed E-state index contributed by atoms with van der Waals surface area (Å²) in [6.07, 6.45) is 4.60. The smallest absolute Gasteiger partial charge is 0.273 e. The zero-order valence-electron chi connectivity index (χ0n) is 9.89. The van der Waals surface area contributed by atoms with Crippen molar-refractivity contribution in [1.82, 2.24) is 20.7 Å². The van der Waals surface area contributed by atoms with Crippen molar-refractivity contribution in [1.29, 1.82) is 0 Å². The van der Waals surface area contributed by atoms with Crippen LogP contribution in [0, 0.1) is 0 Å². The second-order valence-corrected chi connectivity index (χ2v) is 4.47. The first kappa shape index (κ1) is 11.0. The molecule has 92 valence electrons. The number of nitrogens with one attached hydrogen (secondary N) is 2. The molecule has 18 heavy (non-hydrogen) atoms. The molecule has 1 atom stereocenters. The van der Waals surface area contributed by atoms with Gasteiger partial charge in [0.2, 0.25) is 0 Å². The molecule has 1 aromatic carbocycles. The van der Waals surface area contributed by atoms with Crippen molar-refractivity contribution in [3.05, 3.63) is 47.3 Å². The molecule has 0 unspecified atom stereocenters. The van der Waals surface area contributed by atoms with E-state index < -0.39 is 0 Å². The molecule has 0 spiro atoms. The lowest BCUT2D eigenvalue weighted by Gasteiger charge is -2.25. The second-order valence-electron chi connectivity index (χ2n) is 4.47. The fraction of sp³-hybridized carbons (Fsp3) is 0.308. The molecule has 5 nitrogen and oxygen atoms in total. The van der Waals surface area contributed by atoms with Crippen molar-refractivity contribution in [2.45, 2.75) is 25.3 Å². The maximum atomic E-state index is 12.0. The molecular formula is C13H14N4O. The minimum Gasteiger partial charge on any atom is -0.344 e. The molecule has 1 amide bonds. The molecule has 2 aromatic rings. The SMILES string of the molecule is O=C(N[C@@H]1CCCc2ccccc21)c1cn[nH]n1. The van der Waals surface area contributed by atoms with Crippen LogP contribution in [0.3, 0.4) is 0 Å². The van der Waals surface area contributed by atoms with E-state index >= 15 is 0 Å². The van der Waals surface area contributed by atoms with Crippen molar-refractivity contribution in [3.8, 4) is 0 Å². The third-order valence-corrected chi connectivity index (χ3v) is 3.32. The van der Waals surface area contributed by atoms with E-state index in [-0.39, 0.29) is 11.9 Å². The van der Waals surface area contributed by atoms with Gasteiger partial charge in [0.15, 0.2) is 5.69 Å². The first-order valence-corrected chi connectivity index (χ1v) is 6.09. The highest BCUT2D eigenvalue weighted by Gasteiger charge is 2.22. The standard InChI is InChI=1S/C13H14N4O/c18-13(12-8-14-17-16-12)15-11-7-3-5-9-4-1-2-6-10(9)11/h1-2,4,6,8,11H,3,5,7H2,(H,15,18)(H,14,16,17)/t11-/m1/s1. The van der Waals surface area contributed by atoms with E-state index in [2.05, 4.69) is 32.9 Å². The maximum absolute atomic E-state index is 12.0. The van der Waals surface area contributed by atoms with Gasteiger partial charge in [-0.05, 0) is 30.4 Å². The predicted molar refractivity (Wildman–Crippen MR) is 66.0 cm³/mol. The minimum absolute atomic E-state index is 0.0825. The summed E-state index contributed by atoms with van der Waals surface area (Å²) in [6, 6.07) is 8.35. The maximum Gasteiger partial charge on any atom is 0.273 e. The molecular weight excluding hydrogens is 228 g/mol. The number of fused-ring (bicyclic) bond motifs is 1. The first-order chi connectivity index (χ1) is 8.84. The molecule has 0 saturated carbocycles. The van der Waals surface area contributed by atoms with Gasteiger partial charge in [0.1, 0.15) is 0 Å². The lowest BCUT2D eigenvalue weighted by atomic mass is 9.88. The van der Waals surface area contributed by atoms with Gasteiger partial charge in [-0.2, -0.15) is 15.4 Å². The Labute approximate surface area is 105 Å². The zero-order valence-corrected chi connectivity index (χ0v) is 9.89. The lowest BCUT2D eigenvalue weighted by Crippen LogP contribution is -2.31. The average molecular weight is 242 g/mol. The molecule has 5 heteroatoms. The highest BCUT2D eigenvalue weighted by molar-refractivity contribution is 5.92. The van der Waals surface area contributed by atoms with Crippen LogP contribution in [0.4, 0.5) is 0 Å². The number of nitrogens with zero attached hydrogens (tertiary/aromatic N) is 2. The van der Waals surface area contributed by atoms with E-state index in [0.29, 0.717) is 5.69 Å². The van der Waals surface area contributed by atoms with Crippen LogP contribution < -0.4 is 5.32 Å². The Bertz CT molecular complexity index is 550. The van der Waals surface area contributed by atoms with Gasteiger partial charge in [0.05, 0.1) is 12.2 Å². The van der Waals surface area contributed by atoms with Crippen LogP contribution in [0.15, 0.2) is 30.5 Å². The van der Waals surface area contributed by atoms with Crippen LogP contribution in [-0.2, 0) is 6.42 Å². The summed E-state index contributed by atoms with van der Waals surface area (Å²) in [6.45, 7) is 0. The summed E-state index contributed by atoms with van der Waals surface area (Å²) in [5.74, 6) is -0.176. The Hall–Kier alpha value is -2.17. The quantitative estimate of drug-likeness (QED) is 0.840. The summed E-state index contributed by atoms with van der Waals surface area (Å²) in [5, 5.41) is 12.9. The van der Waals surface area contributed by atoms with E-state index in [4.69, 9.17) is 0 Å². The van der Waals surface area contributed by atoms with Crippen LogP contribution >= 0.6 is 0 Å². The Balaban J connectivity index is 1.80. The normalized spacial score (nSPS) is 18.1. The molecule has 1 aliphatic carbocycles. The Morgan fingerprint density at radius 2 is 2.28 bits per heavy atom. The number of H-pyrrole nitrogens is 1. The number of aromatic nitrogens is 3. The van der Waals surface area contributed by atoms with Gasteiger partial charge < -0.3 is 5.32 Å². The van der Waals surface area contributed by atoms with Gasteiger partial charge >= 0.3 is 0 Å². The van der Waals surface area contributed by atoms with E-state index in [9.17, 15) is 4.79 Å². The number of carbonyl (C=O) groups excluding carboxylic acids is 1. The van der Waals surface area contributed by atoms with Gasteiger partial charge in [0.25, 0.3) is 5.91 Å². The van der Waals surface area contributed by atoms with Gasteiger partial charge in [-0.25, -0.2) is 0 Å². The Morgan fingerprint density at radius 1 is 1.39 bits per heavy atom. The molecule has 3 rings (SSSR count). The first-order valence-electron chi connectivity index (χ1n) is 6.09. The summed E-state index contributed by atoms with van der Waals surface area (Å²) >= 11 is 0. The second kappa shape index (κ2) is 4.60. The Kier molecular flexibility index (Phi) is 2.80. The van der Waals surface area contributed by atoms with Crippen molar-refractivity contribution >= 4 is 5.91 Å². The van der Waals surface area contributed by atoms with Gasteiger partial charge in [-0.15, -0.1) is 0 Å². The van der Waals surface area contributed by atoms with Gasteiger partial charge in [-0.1, -0.05) is 24.3 Å². The van der Waals surface area contributed by atoms with Crippen molar-refractivity contribution in [2.75, 3.05) is 0 Å². The van der Waals surface area contributed by atoms with Crippen molar-refractivity contribution < 1.29 is 4.79 Å². The number of aryl methyl sites for hydroxylation is 1. The topological polar surface area (TPSA) is 70.7 Å². The molecule has 1 heterocycles. The molecule has 2 N–H and O–H groups in total. The van der Waals surface area contributed by atoms with Gasteiger partial charge in [0, 0.05) is 0 Å². The molecule has 1 aromatic heterocycles. The summed E-state index contributed by atoms with van der Waals surface area (Å²) in [5.41, 5.74) is 2.88. The van der Waals surface area contributed by atoms with Crippen molar-refractivity contribution in [3.63, 3.8) is 0 Å². The predicted octanol–water partition coefficient (Wildman–Crippen LogP) is 1.61. The average Bonchev–Trinajstić information content (AvgIpc) is 2.93. The number of carbonyl (C=O) groups is 1. The summed E-state index contributed by atoms with van der Waals surface area (Å²) < 4.78 is 0. The zero-order chi connectivity index (χ0) is 12.4. The fourth-order valence-corrected chi connectivity index (χ4v) is 2.45. The van der Waals surface area contributed by atoms with E-state index in [0.717, 1.165) is 19.3 Å². The Morgan fingerprint density at radius 3 is 3.11 bits per heavy atom. The van der Waals surface area contributed by atoms with Gasteiger partial charge in [-0.3, -0.25) is 4.79 Å². The number of hydrogen-bond donors (Lipinski definition) is 2. The molecule has 0 radical (unpaired) electrons. The van der Waals surface area contributed by atoms with Crippen LogP contribution in [0.5, 0.6) is 0 Å². The summed E-state index contributed by atoms with van der Waals surface area (Å²) in [7, 11) is 0. The van der Waals surface area contributed by atoms with E-state index in [1.165, 1.54) is 17.3 Å². The third kappa shape index (κ3) is 1.99.